The van der Waals surface area contributed by atoms with Crippen molar-refractivity contribution in [2.45, 2.75) is 38.8 Å². The monoisotopic (exact) mass is 262 g/mol. The average Bonchev–Trinajstić information content (AvgIpc) is 2.23. The molecule has 0 unspecified atom stereocenters. The van der Waals surface area contributed by atoms with Gasteiger partial charge in [-0.1, -0.05) is 13.8 Å². The predicted octanol–water partition coefficient (Wildman–Crippen LogP) is -1.37. The first-order chi connectivity index (χ1) is 7.88. The van der Waals surface area contributed by atoms with Crippen molar-refractivity contribution in [3.63, 3.8) is 0 Å². The zero-order valence-corrected chi connectivity index (χ0v) is 11.5. The van der Waals surface area contributed by atoms with Crippen LogP contribution in [0.25, 0.3) is 0 Å². The Morgan fingerprint density at radius 3 is 2.41 bits per heavy atom. The normalized spacial score (nSPS) is 14.4. The van der Waals surface area contributed by atoms with Crippen LogP contribution in [-0.4, -0.2) is 36.0 Å². The molecule has 2 atom stereocenters. The van der Waals surface area contributed by atoms with Crippen LogP contribution in [0.15, 0.2) is 0 Å². The van der Waals surface area contributed by atoms with E-state index in [4.69, 9.17) is 0 Å². The van der Waals surface area contributed by atoms with E-state index in [1.807, 2.05) is 20.1 Å². The van der Waals surface area contributed by atoms with Gasteiger partial charge in [0.15, 0.2) is 6.04 Å². The topological polar surface area (TPSA) is 96.9 Å². The van der Waals surface area contributed by atoms with Crippen molar-refractivity contribution in [3.8, 4) is 0 Å². The molecule has 0 aliphatic carbocycles. The zero-order chi connectivity index (χ0) is 13.4. The number of carboxylic acids is 1. The number of carbonyl (C=O) groups is 2. The summed E-state index contributed by atoms with van der Waals surface area (Å²) in [5.74, 6) is -0.521. The van der Waals surface area contributed by atoms with Crippen molar-refractivity contribution >= 4 is 23.6 Å². The first kappa shape index (κ1) is 16.2. The lowest BCUT2D eigenvalue weighted by atomic mass is 10.0. The molecule has 0 saturated heterocycles. The summed E-state index contributed by atoms with van der Waals surface area (Å²) < 4.78 is 0. The largest absolute Gasteiger partial charge is 0.548 e. The number of carbonyl (C=O) groups excluding carboxylic acids is 2. The third-order valence-electron chi connectivity index (χ3n) is 2.35. The molecule has 0 radical (unpaired) electrons. The molecular weight excluding hydrogens is 240 g/mol. The van der Waals surface area contributed by atoms with E-state index >= 15 is 0 Å². The lowest BCUT2D eigenvalue weighted by molar-refractivity contribution is -0.404. The van der Waals surface area contributed by atoms with Crippen LogP contribution >= 0.6 is 11.8 Å². The molecular formula is C11H22N2O3S. The van der Waals surface area contributed by atoms with Crippen molar-refractivity contribution in [1.82, 2.24) is 5.32 Å². The molecule has 0 aromatic carbocycles. The quantitative estimate of drug-likeness (QED) is 0.564. The molecule has 0 aromatic rings. The summed E-state index contributed by atoms with van der Waals surface area (Å²) in [6, 6.07) is -1.32. The van der Waals surface area contributed by atoms with E-state index in [1.54, 1.807) is 11.8 Å². The van der Waals surface area contributed by atoms with Crippen LogP contribution in [0.3, 0.4) is 0 Å². The number of carboxylic acid groups (broad SMARTS) is 1. The summed E-state index contributed by atoms with van der Waals surface area (Å²) in [6.07, 6.45) is 2.98. The summed E-state index contributed by atoms with van der Waals surface area (Å²) in [5.41, 5.74) is 3.73. The van der Waals surface area contributed by atoms with Gasteiger partial charge in [0.05, 0.1) is 12.0 Å². The molecule has 0 aliphatic rings. The number of thioether (sulfide) groups is 1. The van der Waals surface area contributed by atoms with Crippen molar-refractivity contribution in [2.24, 2.45) is 5.92 Å². The fraction of sp³-hybridized carbons (Fsp3) is 0.818. The lowest BCUT2D eigenvalue weighted by Crippen LogP contribution is -2.69. The highest BCUT2D eigenvalue weighted by molar-refractivity contribution is 7.98. The number of aliphatic carboxylic acids is 1. The van der Waals surface area contributed by atoms with E-state index in [9.17, 15) is 14.7 Å². The summed E-state index contributed by atoms with van der Waals surface area (Å²) in [5, 5.41) is 13.3. The number of nitrogens with one attached hydrogen (secondary N) is 1. The molecule has 0 spiro atoms. The highest BCUT2D eigenvalue weighted by atomic mass is 32.2. The van der Waals surface area contributed by atoms with Crippen molar-refractivity contribution in [1.29, 1.82) is 0 Å². The predicted molar refractivity (Wildman–Crippen MR) is 66.1 cm³/mol. The fourth-order valence-corrected chi connectivity index (χ4v) is 1.89. The lowest BCUT2D eigenvalue weighted by Gasteiger charge is -2.22. The number of quaternary nitrogens is 1. The Morgan fingerprint density at radius 2 is 2.00 bits per heavy atom. The Bertz CT molecular complexity index is 259. The number of rotatable bonds is 8. The summed E-state index contributed by atoms with van der Waals surface area (Å²) >= 11 is 1.63. The van der Waals surface area contributed by atoms with Gasteiger partial charge in [0.2, 0.25) is 0 Å². The van der Waals surface area contributed by atoms with Crippen LogP contribution in [0.2, 0.25) is 0 Å². The SMILES string of the molecule is CSCC[C@H]([NH3+])C(=O)N[C@H](CC(C)C)C(=O)[O-]. The minimum Gasteiger partial charge on any atom is -0.548 e. The Morgan fingerprint density at radius 1 is 1.41 bits per heavy atom. The number of hydrogen-bond acceptors (Lipinski definition) is 4. The minimum absolute atomic E-state index is 0.188. The van der Waals surface area contributed by atoms with Gasteiger partial charge in [-0.05, 0) is 24.3 Å². The van der Waals surface area contributed by atoms with E-state index in [2.05, 4.69) is 11.1 Å². The van der Waals surface area contributed by atoms with Crippen LogP contribution < -0.4 is 16.2 Å². The molecule has 0 heterocycles. The minimum atomic E-state index is -1.23. The van der Waals surface area contributed by atoms with Crippen molar-refractivity contribution in [2.75, 3.05) is 12.0 Å². The van der Waals surface area contributed by atoms with Gasteiger partial charge < -0.3 is 21.0 Å². The standard InChI is InChI=1S/C11H22N2O3S/c1-7(2)6-9(11(15)16)13-10(14)8(12)4-5-17-3/h7-9H,4-6,12H2,1-3H3,(H,13,14)(H,15,16)/t8-,9+/m0/s1. The van der Waals surface area contributed by atoms with Gasteiger partial charge in [-0.3, -0.25) is 4.79 Å². The van der Waals surface area contributed by atoms with Crippen molar-refractivity contribution < 1.29 is 20.4 Å². The van der Waals surface area contributed by atoms with E-state index in [0.29, 0.717) is 12.8 Å². The number of amides is 1. The molecule has 5 nitrogen and oxygen atoms in total. The first-order valence-corrected chi connectivity index (χ1v) is 7.11. The van der Waals surface area contributed by atoms with Gasteiger partial charge in [-0.25, -0.2) is 0 Å². The fourth-order valence-electron chi connectivity index (χ4n) is 1.37. The van der Waals surface area contributed by atoms with Gasteiger partial charge in [-0.2, -0.15) is 11.8 Å². The summed E-state index contributed by atoms with van der Waals surface area (Å²) in [7, 11) is 0. The highest BCUT2D eigenvalue weighted by Crippen LogP contribution is 2.05. The average molecular weight is 262 g/mol. The molecule has 0 rings (SSSR count). The Kier molecular flexibility index (Phi) is 7.99. The van der Waals surface area contributed by atoms with Gasteiger partial charge in [0.1, 0.15) is 0 Å². The molecule has 1 amide bonds. The maximum Gasteiger partial charge on any atom is 0.278 e. The van der Waals surface area contributed by atoms with E-state index in [1.165, 1.54) is 0 Å². The van der Waals surface area contributed by atoms with Crippen LogP contribution in [0, 0.1) is 5.92 Å². The smallest absolute Gasteiger partial charge is 0.278 e. The zero-order valence-electron chi connectivity index (χ0n) is 10.7. The summed E-state index contributed by atoms with van der Waals surface area (Å²) in [6.45, 7) is 3.80. The van der Waals surface area contributed by atoms with Crippen LogP contribution in [0.5, 0.6) is 0 Å². The first-order valence-electron chi connectivity index (χ1n) is 5.71. The maximum atomic E-state index is 11.7. The van der Waals surface area contributed by atoms with E-state index in [0.717, 1.165) is 5.75 Å². The molecule has 0 fully saturated rings. The second-order valence-electron chi connectivity index (χ2n) is 4.49. The van der Waals surface area contributed by atoms with E-state index in [-0.39, 0.29) is 11.8 Å². The number of hydrogen-bond donors (Lipinski definition) is 2. The van der Waals surface area contributed by atoms with Crippen molar-refractivity contribution in [3.05, 3.63) is 0 Å². The second-order valence-corrected chi connectivity index (χ2v) is 5.47. The molecule has 17 heavy (non-hydrogen) atoms. The highest BCUT2D eigenvalue weighted by Gasteiger charge is 2.21. The molecule has 4 N–H and O–H groups in total. The van der Waals surface area contributed by atoms with Gasteiger partial charge >= 0.3 is 0 Å². The van der Waals surface area contributed by atoms with Gasteiger partial charge in [0, 0.05) is 6.42 Å². The van der Waals surface area contributed by atoms with Gasteiger partial charge in [0.25, 0.3) is 5.91 Å². The molecule has 0 aromatic heterocycles. The Balaban J connectivity index is 4.25. The van der Waals surface area contributed by atoms with Crippen LogP contribution in [0.1, 0.15) is 26.7 Å². The van der Waals surface area contributed by atoms with Crippen LogP contribution in [0.4, 0.5) is 0 Å². The molecule has 0 bridgehead atoms. The Labute approximate surface area is 107 Å². The van der Waals surface area contributed by atoms with Crippen LogP contribution in [-0.2, 0) is 9.59 Å². The summed E-state index contributed by atoms with van der Waals surface area (Å²) in [4.78, 5) is 22.5. The molecule has 100 valence electrons. The van der Waals surface area contributed by atoms with Gasteiger partial charge in [-0.15, -0.1) is 0 Å². The third kappa shape index (κ3) is 7.23. The molecule has 0 aliphatic heterocycles. The third-order valence-corrected chi connectivity index (χ3v) is 2.99. The Hall–Kier alpha value is -0.750. The second kappa shape index (κ2) is 8.36. The molecule has 6 heteroatoms. The molecule has 0 saturated carbocycles. The van der Waals surface area contributed by atoms with E-state index < -0.39 is 18.1 Å². The maximum absolute atomic E-state index is 11.7.